The number of aryl methyl sites for hydroxylation is 2. The molecule has 182 valence electrons. The van der Waals surface area contributed by atoms with Crippen molar-refractivity contribution < 1.29 is 13.2 Å². The van der Waals surface area contributed by atoms with Crippen LogP contribution in [0.5, 0.6) is 11.6 Å². The smallest absolute Gasteiger partial charge is 0.261 e. The number of hydrogen-bond acceptors (Lipinski definition) is 6. The predicted molar refractivity (Wildman–Crippen MR) is 139 cm³/mol. The van der Waals surface area contributed by atoms with Crippen LogP contribution in [0.2, 0.25) is 0 Å². The first kappa shape index (κ1) is 23.5. The van der Waals surface area contributed by atoms with E-state index in [1.807, 2.05) is 45.0 Å². The Morgan fingerprint density at radius 2 is 1.56 bits per heavy atom. The van der Waals surface area contributed by atoms with Gasteiger partial charge in [-0.1, -0.05) is 30.3 Å². The Kier molecular flexibility index (Phi) is 5.93. The molecule has 0 amide bonds. The van der Waals surface area contributed by atoms with E-state index in [9.17, 15) is 8.42 Å². The zero-order chi connectivity index (χ0) is 25.4. The average molecular weight is 500 g/mol. The molecule has 36 heavy (non-hydrogen) atoms. The first-order chi connectivity index (χ1) is 17.2. The third-order valence-electron chi connectivity index (χ3n) is 6.03. The van der Waals surface area contributed by atoms with Crippen LogP contribution >= 0.6 is 0 Å². The summed E-state index contributed by atoms with van der Waals surface area (Å²) in [5, 5.41) is 6.40. The third-order valence-corrected chi connectivity index (χ3v) is 7.41. The van der Waals surface area contributed by atoms with Crippen LogP contribution in [0.15, 0.2) is 77.7 Å². The van der Waals surface area contributed by atoms with Crippen molar-refractivity contribution in [3.63, 3.8) is 0 Å². The summed E-state index contributed by atoms with van der Waals surface area (Å²) < 4.78 is 36.2. The molecule has 0 radical (unpaired) electrons. The lowest BCUT2D eigenvalue weighted by Crippen LogP contribution is -2.12. The lowest BCUT2D eigenvalue weighted by molar-refractivity contribution is 0.459. The van der Waals surface area contributed by atoms with Gasteiger partial charge >= 0.3 is 0 Å². The molecular formula is C27H25N5O3S. The Hall–Kier alpha value is -4.24. The Morgan fingerprint density at radius 3 is 2.25 bits per heavy atom. The number of rotatable bonds is 6. The predicted octanol–water partition coefficient (Wildman–Crippen LogP) is 5.64. The van der Waals surface area contributed by atoms with Crippen molar-refractivity contribution in [2.45, 2.75) is 32.6 Å². The van der Waals surface area contributed by atoms with Crippen molar-refractivity contribution in [1.29, 1.82) is 0 Å². The van der Waals surface area contributed by atoms with Crippen LogP contribution in [0, 0.1) is 27.7 Å². The molecule has 0 saturated heterocycles. The molecule has 5 aromatic rings. The maximum absolute atomic E-state index is 12.9. The molecule has 2 aromatic heterocycles. The minimum atomic E-state index is -3.75. The number of benzene rings is 3. The maximum atomic E-state index is 12.9. The van der Waals surface area contributed by atoms with Crippen LogP contribution in [0.3, 0.4) is 0 Å². The Morgan fingerprint density at radius 1 is 0.833 bits per heavy atom. The Balaban J connectivity index is 1.35. The van der Waals surface area contributed by atoms with Gasteiger partial charge in [0.25, 0.3) is 10.0 Å². The van der Waals surface area contributed by atoms with E-state index in [-0.39, 0.29) is 4.90 Å². The summed E-state index contributed by atoms with van der Waals surface area (Å²) in [6.07, 6.45) is 0. The largest absolute Gasteiger partial charge is 0.439 e. The quantitative estimate of drug-likeness (QED) is 0.324. The highest BCUT2D eigenvalue weighted by molar-refractivity contribution is 7.92. The van der Waals surface area contributed by atoms with Gasteiger partial charge in [0.05, 0.1) is 10.6 Å². The average Bonchev–Trinajstić information content (AvgIpc) is 3.11. The molecule has 0 aliphatic rings. The van der Waals surface area contributed by atoms with Gasteiger partial charge in [0.2, 0.25) is 5.88 Å². The second-order valence-electron chi connectivity index (χ2n) is 8.56. The van der Waals surface area contributed by atoms with Crippen molar-refractivity contribution in [1.82, 2.24) is 19.7 Å². The van der Waals surface area contributed by atoms with E-state index in [1.165, 1.54) is 0 Å². The first-order valence-electron chi connectivity index (χ1n) is 11.4. The minimum Gasteiger partial charge on any atom is -0.439 e. The van der Waals surface area contributed by atoms with E-state index in [0.717, 1.165) is 27.7 Å². The van der Waals surface area contributed by atoms with Gasteiger partial charge in [-0.25, -0.2) is 18.1 Å². The van der Waals surface area contributed by atoms with E-state index in [0.29, 0.717) is 29.0 Å². The summed E-state index contributed by atoms with van der Waals surface area (Å²) in [5.74, 6) is 2.04. The molecule has 0 bridgehead atoms. The molecule has 0 fully saturated rings. The van der Waals surface area contributed by atoms with Gasteiger partial charge in [-0.05, 0) is 80.4 Å². The summed E-state index contributed by atoms with van der Waals surface area (Å²) >= 11 is 0. The topological polar surface area (TPSA) is 99.0 Å². The molecule has 2 heterocycles. The highest BCUT2D eigenvalue weighted by Gasteiger charge is 2.16. The molecule has 3 aromatic carbocycles. The lowest BCUT2D eigenvalue weighted by atomic mass is 10.1. The highest BCUT2D eigenvalue weighted by Crippen LogP contribution is 2.26. The van der Waals surface area contributed by atoms with E-state index < -0.39 is 10.0 Å². The summed E-state index contributed by atoms with van der Waals surface area (Å²) in [5.41, 5.74) is 3.47. The van der Waals surface area contributed by atoms with Crippen molar-refractivity contribution in [2.24, 2.45) is 0 Å². The molecule has 0 unspecified atom stereocenters. The normalized spacial score (nSPS) is 11.6. The molecule has 8 nitrogen and oxygen atoms in total. The van der Waals surface area contributed by atoms with Gasteiger partial charge in [-0.2, -0.15) is 10.1 Å². The monoisotopic (exact) mass is 499 g/mol. The summed E-state index contributed by atoms with van der Waals surface area (Å²) in [6, 6.07) is 21.1. The van der Waals surface area contributed by atoms with Crippen molar-refractivity contribution >= 4 is 26.5 Å². The SMILES string of the molecule is Cc1nc(Oc2ccc(NS(=O)(=O)c3ccc4ccccc4c3)cc2)cc(-n2nc(C)c(C)c2C)n1. The van der Waals surface area contributed by atoms with Crippen LogP contribution < -0.4 is 9.46 Å². The van der Waals surface area contributed by atoms with Crippen molar-refractivity contribution in [2.75, 3.05) is 4.72 Å². The van der Waals surface area contributed by atoms with E-state index in [4.69, 9.17) is 4.74 Å². The maximum Gasteiger partial charge on any atom is 0.261 e. The van der Waals surface area contributed by atoms with E-state index in [2.05, 4.69) is 19.8 Å². The number of sulfonamides is 1. The minimum absolute atomic E-state index is 0.199. The van der Waals surface area contributed by atoms with Gasteiger partial charge < -0.3 is 4.74 Å². The highest BCUT2D eigenvalue weighted by atomic mass is 32.2. The fourth-order valence-electron chi connectivity index (χ4n) is 3.89. The number of ether oxygens (including phenoxy) is 1. The Labute approximate surface area is 209 Å². The number of anilines is 1. The second-order valence-corrected chi connectivity index (χ2v) is 10.2. The van der Waals surface area contributed by atoms with Crippen LogP contribution in [0.1, 0.15) is 22.8 Å². The van der Waals surface area contributed by atoms with Gasteiger partial charge in [0, 0.05) is 17.4 Å². The van der Waals surface area contributed by atoms with Gasteiger partial charge in [0.15, 0.2) is 5.82 Å². The zero-order valence-corrected chi connectivity index (χ0v) is 21.2. The van der Waals surface area contributed by atoms with Crippen LogP contribution in [-0.2, 0) is 10.0 Å². The molecule has 5 rings (SSSR count). The van der Waals surface area contributed by atoms with Gasteiger partial charge in [0.1, 0.15) is 11.6 Å². The molecule has 1 N–H and O–H groups in total. The first-order valence-corrected chi connectivity index (χ1v) is 12.9. The molecule has 0 spiro atoms. The van der Waals surface area contributed by atoms with Crippen LogP contribution in [0.4, 0.5) is 5.69 Å². The van der Waals surface area contributed by atoms with Gasteiger partial charge in [-0.15, -0.1) is 0 Å². The fourth-order valence-corrected chi connectivity index (χ4v) is 4.98. The summed E-state index contributed by atoms with van der Waals surface area (Å²) in [7, 11) is -3.75. The molecule has 0 aliphatic heterocycles. The zero-order valence-electron chi connectivity index (χ0n) is 20.4. The number of nitrogens with one attached hydrogen (secondary N) is 1. The number of aromatic nitrogens is 4. The fraction of sp³-hybridized carbons (Fsp3) is 0.148. The van der Waals surface area contributed by atoms with E-state index in [1.54, 1.807) is 60.1 Å². The number of hydrogen-bond donors (Lipinski definition) is 1. The standard InChI is InChI=1S/C27H25N5O3S/c1-17-18(2)30-32(19(17)3)26-16-27(29-20(4)28-26)35-24-12-10-23(11-13-24)31-36(33,34)25-14-9-21-7-5-6-8-22(21)15-25/h5-16,31H,1-4H3. The molecule has 9 heteroatoms. The van der Waals surface area contributed by atoms with Crippen molar-refractivity contribution in [3.8, 4) is 17.4 Å². The number of fused-ring (bicyclic) bond motifs is 1. The molecular weight excluding hydrogens is 474 g/mol. The lowest BCUT2D eigenvalue weighted by Gasteiger charge is -2.11. The third kappa shape index (κ3) is 4.65. The Bertz CT molecular complexity index is 1690. The molecule has 0 aliphatic carbocycles. The second kappa shape index (κ2) is 9.09. The van der Waals surface area contributed by atoms with Crippen LogP contribution in [-0.4, -0.2) is 28.2 Å². The summed E-state index contributed by atoms with van der Waals surface area (Å²) in [6.45, 7) is 7.76. The van der Waals surface area contributed by atoms with E-state index >= 15 is 0 Å². The van der Waals surface area contributed by atoms with Crippen LogP contribution in [0.25, 0.3) is 16.6 Å². The number of nitrogens with zero attached hydrogens (tertiary/aromatic N) is 4. The van der Waals surface area contributed by atoms with Gasteiger partial charge in [-0.3, -0.25) is 4.72 Å². The summed E-state index contributed by atoms with van der Waals surface area (Å²) in [4.78, 5) is 9.07. The molecule has 0 saturated carbocycles. The molecule has 0 atom stereocenters. The van der Waals surface area contributed by atoms with Crippen molar-refractivity contribution in [3.05, 3.63) is 95.6 Å².